The Hall–Kier alpha value is -1.58. The van der Waals surface area contributed by atoms with Crippen LogP contribution < -0.4 is 10.5 Å². The highest BCUT2D eigenvalue weighted by Gasteiger charge is 2.14. The van der Waals surface area contributed by atoms with Gasteiger partial charge >= 0.3 is 0 Å². The Balaban J connectivity index is 2.36. The number of para-hydroxylation sites is 1. The Morgan fingerprint density at radius 1 is 1.29 bits per heavy atom. The van der Waals surface area contributed by atoms with Crippen molar-refractivity contribution in [2.24, 2.45) is 5.73 Å². The molecule has 2 aromatic rings. The number of ether oxygens (including phenoxy) is 1. The van der Waals surface area contributed by atoms with E-state index in [9.17, 15) is 4.39 Å². The number of halogens is 2. The third-order valence-corrected chi connectivity index (χ3v) is 3.65. The van der Waals surface area contributed by atoms with Crippen molar-refractivity contribution in [3.63, 3.8) is 0 Å². The van der Waals surface area contributed by atoms with Gasteiger partial charge in [0.05, 0.1) is 0 Å². The summed E-state index contributed by atoms with van der Waals surface area (Å²) in [4.78, 5) is 0. The van der Waals surface area contributed by atoms with Crippen molar-refractivity contribution in [1.82, 2.24) is 0 Å². The second kappa shape index (κ2) is 6.92. The van der Waals surface area contributed by atoms with Gasteiger partial charge in [0.2, 0.25) is 0 Å². The molecule has 2 aromatic carbocycles. The number of rotatable bonds is 5. The third kappa shape index (κ3) is 3.96. The monoisotopic (exact) mass is 307 g/mol. The second-order valence-electron chi connectivity index (χ2n) is 5.11. The minimum absolute atomic E-state index is 0.0189. The zero-order chi connectivity index (χ0) is 15.4. The van der Waals surface area contributed by atoms with Crippen molar-refractivity contribution >= 4 is 11.6 Å². The molecule has 2 nitrogen and oxygen atoms in total. The van der Waals surface area contributed by atoms with Crippen LogP contribution in [0.25, 0.3) is 0 Å². The molecule has 0 aromatic heterocycles. The molecule has 0 aliphatic rings. The largest absolute Gasteiger partial charge is 0.454 e. The van der Waals surface area contributed by atoms with E-state index in [2.05, 4.69) is 0 Å². The summed E-state index contributed by atoms with van der Waals surface area (Å²) in [5.41, 5.74) is 7.64. The van der Waals surface area contributed by atoms with Crippen LogP contribution in [0, 0.1) is 12.7 Å². The van der Waals surface area contributed by atoms with Crippen molar-refractivity contribution in [2.45, 2.75) is 32.7 Å². The Morgan fingerprint density at radius 2 is 2.05 bits per heavy atom. The lowest BCUT2D eigenvalue weighted by Gasteiger charge is -2.16. The summed E-state index contributed by atoms with van der Waals surface area (Å²) >= 11 is 5.98. The summed E-state index contributed by atoms with van der Waals surface area (Å²) in [5.74, 6) is 0.390. The molecule has 0 aliphatic carbocycles. The van der Waals surface area contributed by atoms with Gasteiger partial charge in [0.25, 0.3) is 0 Å². The Kier molecular flexibility index (Phi) is 5.21. The van der Waals surface area contributed by atoms with E-state index in [0.717, 1.165) is 17.5 Å². The molecule has 0 radical (unpaired) electrons. The van der Waals surface area contributed by atoms with Crippen LogP contribution in [-0.2, 0) is 6.42 Å². The van der Waals surface area contributed by atoms with E-state index in [-0.39, 0.29) is 11.8 Å². The molecule has 0 amide bonds. The molecule has 0 fully saturated rings. The average molecular weight is 308 g/mol. The number of hydrogen-bond donors (Lipinski definition) is 1. The summed E-state index contributed by atoms with van der Waals surface area (Å²) in [6.07, 6.45) is 1.40. The molecule has 1 unspecified atom stereocenters. The normalized spacial score (nSPS) is 12.2. The maximum Gasteiger partial charge on any atom is 0.166 e. The second-order valence-corrected chi connectivity index (χ2v) is 5.55. The standard InChI is InChI=1S/C17H19ClFNO/c1-3-14(20)9-12-5-4-6-15(19)17(12)21-16-10-13(18)8-7-11(16)2/h4-8,10,14H,3,9,20H2,1-2H3. The van der Waals surface area contributed by atoms with E-state index < -0.39 is 5.82 Å². The molecule has 2 N–H and O–H groups in total. The summed E-state index contributed by atoms with van der Waals surface area (Å²) in [6.45, 7) is 3.90. The van der Waals surface area contributed by atoms with Gasteiger partial charge in [-0.3, -0.25) is 0 Å². The maximum atomic E-state index is 14.1. The van der Waals surface area contributed by atoms with E-state index in [1.165, 1.54) is 6.07 Å². The van der Waals surface area contributed by atoms with Gasteiger partial charge in [-0.1, -0.05) is 36.7 Å². The lowest BCUT2D eigenvalue weighted by molar-refractivity contribution is 0.431. The van der Waals surface area contributed by atoms with Crippen LogP contribution in [0.3, 0.4) is 0 Å². The Labute approximate surface area is 129 Å². The van der Waals surface area contributed by atoms with Crippen molar-refractivity contribution < 1.29 is 9.13 Å². The predicted molar refractivity (Wildman–Crippen MR) is 84.6 cm³/mol. The van der Waals surface area contributed by atoms with E-state index >= 15 is 0 Å². The van der Waals surface area contributed by atoms with Crippen LogP contribution in [0.4, 0.5) is 4.39 Å². The van der Waals surface area contributed by atoms with Gasteiger partial charge in [0.1, 0.15) is 5.75 Å². The summed E-state index contributed by atoms with van der Waals surface area (Å²) in [6, 6.07) is 10.2. The zero-order valence-corrected chi connectivity index (χ0v) is 13.0. The first kappa shape index (κ1) is 15.8. The highest BCUT2D eigenvalue weighted by Crippen LogP contribution is 2.32. The molecular formula is C17H19ClFNO. The fourth-order valence-corrected chi connectivity index (χ4v) is 2.21. The van der Waals surface area contributed by atoms with E-state index in [0.29, 0.717) is 17.2 Å². The molecular weight excluding hydrogens is 289 g/mol. The minimum Gasteiger partial charge on any atom is -0.454 e. The molecule has 1 atom stereocenters. The first-order valence-corrected chi connectivity index (χ1v) is 7.36. The van der Waals surface area contributed by atoms with Crippen LogP contribution in [0.5, 0.6) is 11.5 Å². The quantitative estimate of drug-likeness (QED) is 0.856. The summed E-state index contributed by atoms with van der Waals surface area (Å²) in [7, 11) is 0. The van der Waals surface area contributed by atoms with Crippen LogP contribution in [0.1, 0.15) is 24.5 Å². The van der Waals surface area contributed by atoms with Crippen LogP contribution in [-0.4, -0.2) is 6.04 Å². The fraction of sp³-hybridized carbons (Fsp3) is 0.294. The van der Waals surface area contributed by atoms with Crippen molar-refractivity contribution in [1.29, 1.82) is 0 Å². The van der Waals surface area contributed by atoms with E-state index in [1.54, 1.807) is 18.2 Å². The molecule has 112 valence electrons. The molecule has 2 rings (SSSR count). The predicted octanol–water partition coefficient (Wildman–Crippen LogP) is 4.86. The van der Waals surface area contributed by atoms with Crippen molar-refractivity contribution in [2.75, 3.05) is 0 Å². The van der Waals surface area contributed by atoms with Gasteiger partial charge in [-0.15, -0.1) is 0 Å². The van der Waals surface area contributed by atoms with Gasteiger partial charge in [0.15, 0.2) is 11.6 Å². The first-order chi connectivity index (χ1) is 10.0. The lowest BCUT2D eigenvalue weighted by Crippen LogP contribution is -2.21. The maximum absolute atomic E-state index is 14.1. The van der Waals surface area contributed by atoms with Gasteiger partial charge < -0.3 is 10.5 Å². The zero-order valence-electron chi connectivity index (χ0n) is 12.2. The molecule has 21 heavy (non-hydrogen) atoms. The van der Waals surface area contributed by atoms with Gasteiger partial charge in [0, 0.05) is 11.1 Å². The smallest absolute Gasteiger partial charge is 0.166 e. The van der Waals surface area contributed by atoms with E-state index in [1.807, 2.05) is 26.0 Å². The molecule has 0 bridgehead atoms. The Bertz CT molecular complexity index is 630. The van der Waals surface area contributed by atoms with Gasteiger partial charge in [-0.05, 0) is 49.1 Å². The number of aryl methyl sites for hydroxylation is 1. The topological polar surface area (TPSA) is 35.2 Å². The summed E-state index contributed by atoms with van der Waals surface area (Å²) in [5, 5.41) is 0.554. The third-order valence-electron chi connectivity index (χ3n) is 3.42. The minimum atomic E-state index is -0.393. The number of nitrogens with two attached hydrogens (primary N) is 1. The molecule has 0 saturated heterocycles. The first-order valence-electron chi connectivity index (χ1n) is 6.98. The average Bonchev–Trinajstić information content (AvgIpc) is 2.46. The highest BCUT2D eigenvalue weighted by molar-refractivity contribution is 6.30. The highest BCUT2D eigenvalue weighted by atomic mass is 35.5. The van der Waals surface area contributed by atoms with Crippen LogP contribution in [0.2, 0.25) is 5.02 Å². The molecule has 0 spiro atoms. The molecule has 0 saturated carbocycles. The number of benzene rings is 2. The fourth-order valence-electron chi connectivity index (χ4n) is 2.05. The van der Waals surface area contributed by atoms with E-state index in [4.69, 9.17) is 22.1 Å². The summed E-state index contributed by atoms with van der Waals surface area (Å²) < 4.78 is 19.9. The van der Waals surface area contributed by atoms with Gasteiger partial charge in [-0.25, -0.2) is 4.39 Å². The SMILES string of the molecule is CCC(N)Cc1cccc(F)c1Oc1cc(Cl)ccc1C. The number of hydrogen-bond acceptors (Lipinski definition) is 2. The van der Waals surface area contributed by atoms with Crippen LogP contribution in [0.15, 0.2) is 36.4 Å². The molecule has 0 heterocycles. The van der Waals surface area contributed by atoms with Crippen molar-refractivity contribution in [3.05, 3.63) is 58.4 Å². The van der Waals surface area contributed by atoms with Gasteiger partial charge in [-0.2, -0.15) is 0 Å². The Morgan fingerprint density at radius 3 is 2.76 bits per heavy atom. The lowest BCUT2D eigenvalue weighted by atomic mass is 10.0. The van der Waals surface area contributed by atoms with Crippen molar-refractivity contribution in [3.8, 4) is 11.5 Å². The molecule has 0 aliphatic heterocycles. The molecule has 4 heteroatoms. The van der Waals surface area contributed by atoms with Crippen LogP contribution >= 0.6 is 11.6 Å².